The van der Waals surface area contributed by atoms with E-state index in [0.717, 1.165) is 24.2 Å². The van der Waals surface area contributed by atoms with Crippen LogP contribution in [0.25, 0.3) is 0 Å². The molecule has 1 rings (SSSR count). The van der Waals surface area contributed by atoms with E-state index in [4.69, 9.17) is 10.00 Å². The van der Waals surface area contributed by atoms with Gasteiger partial charge < -0.3 is 4.74 Å². The van der Waals surface area contributed by atoms with E-state index in [-0.39, 0.29) is 0 Å². The highest BCUT2D eigenvalue weighted by Gasteiger charge is 2.11. The summed E-state index contributed by atoms with van der Waals surface area (Å²) in [4.78, 5) is 2.31. The van der Waals surface area contributed by atoms with E-state index in [1.54, 1.807) is 7.11 Å². The second-order valence-corrected chi connectivity index (χ2v) is 4.33. The fourth-order valence-electron chi connectivity index (χ4n) is 1.71. The van der Waals surface area contributed by atoms with Crippen molar-refractivity contribution in [3.63, 3.8) is 0 Å². The molecule has 0 spiro atoms. The molecule has 0 saturated carbocycles. The third kappa shape index (κ3) is 4.18. The zero-order chi connectivity index (χ0) is 12.7. The molecule has 0 unspecified atom stereocenters. The Hall–Kier alpha value is -1.37. The molecule has 0 fully saturated rings. The summed E-state index contributed by atoms with van der Waals surface area (Å²) in [6.45, 7) is 6.71. The Balaban J connectivity index is 2.75. The van der Waals surface area contributed by atoms with E-state index in [2.05, 4.69) is 24.8 Å². The highest BCUT2D eigenvalue weighted by Crippen LogP contribution is 2.12. The number of nitriles is 1. The monoisotopic (exact) mass is 232 g/mol. The fraction of sp³-hybridized carbons (Fsp3) is 0.500. The van der Waals surface area contributed by atoms with Crippen LogP contribution >= 0.6 is 0 Å². The number of hydrogen-bond donors (Lipinski definition) is 0. The van der Waals surface area contributed by atoms with Gasteiger partial charge in [-0.1, -0.05) is 18.2 Å². The van der Waals surface area contributed by atoms with E-state index in [9.17, 15) is 0 Å². The first-order chi connectivity index (χ1) is 8.19. The fourth-order valence-corrected chi connectivity index (χ4v) is 1.71. The Morgan fingerprint density at radius 3 is 2.65 bits per heavy atom. The largest absolute Gasteiger partial charge is 0.383 e. The maximum Gasteiger partial charge on any atom is 0.0995 e. The number of rotatable bonds is 6. The summed E-state index contributed by atoms with van der Waals surface area (Å²) in [5.74, 6) is 0. The van der Waals surface area contributed by atoms with E-state index in [0.29, 0.717) is 12.6 Å². The third-order valence-corrected chi connectivity index (χ3v) is 2.82. The van der Waals surface area contributed by atoms with E-state index in [1.165, 1.54) is 0 Å². The highest BCUT2D eigenvalue weighted by molar-refractivity contribution is 5.37. The molecule has 0 aliphatic carbocycles. The molecule has 3 heteroatoms. The van der Waals surface area contributed by atoms with Crippen LogP contribution in [0.1, 0.15) is 25.0 Å². The van der Waals surface area contributed by atoms with E-state index in [1.807, 2.05) is 24.3 Å². The summed E-state index contributed by atoms with van der Waals surface area (Å²) in [5.41, 5.74) is 1.84. The zero-order valence-corrected chi connectivity index (χ0v) is 10.8. The number of ether oxygens (including phenoxy) is 1. The van der Waals surface area contributed by atoms with Crippen molar-refractivity contribution in [2.45, 2.75) is 26.4 Å². The van der Waals surface area contributed by atoms with Gasteiger partial charge in [0.1, 0.15) is 0 Å². The zero-order valence-electron chi connectivity index (χ0n) is 10.8. The van der Waals surface area contributed by atoms with Crippen LogP contribution < -0.4 is 0 Å². The summed E-state index contributed by atoms with van der Waals surface area (Å²) in [5, 5.41) is 9.05. The van der Waals surface area contributed by atoms with Crippen molar-refractivity contribution in [1.82, 2.24) is 4.90 Å². The van der Waals surface area contributed by atoms with E-state index >= 15 is 0 Å². The molecule has 0 radical (unpaired) electrons. The summed E-state index contributed by atoms with van der Waals surface area (Å²) < 4.78 is 5.11. The third-order valence-electron chi connectivity index (χ3n) is 2.82. The average molecular weight is 232 g/mol. The van der Waals surface area contributed by atoms with Crippen molar-refractivity contribution in [3.05, 3.63) is 35.4 Å². The molecule has 0 aromatic heterocycles. The smallest absolute Gasteiger partial charge is 0.0995 e. The predicted molar refractivity (Wildman–Crippen MR) is 68.6 cm³/mol. The molecular formula is C14H20N2O. The molecule has 92 valence electrons. The Kier molecular flexibility index (Phi) is 5.68. The molecule has 3 nitrogen and oxygen atoms in total. The molecule has 0 aliphatic rings. The first-order valence-corrected chi connectivity index (χ1v) is 5.90. The lowest BCUT2D eigenvalue weighted by Gasteiger charge is -2.26. The minimum atomic E-state index is 0.442. The molecule has 1 aromatic carbocycles. The molecule has 0 heterocycles. The second kappa shape index (κ2) is 7.05. The van der Waals surface area contributed by atoms with Crippen LogP contribution in [0.4, 0.5) is 0 Å². The van der Waals surface area contributed by atoms with Crippen LogP contribution in [0.3, 0.4) is 0 Å². The summed E-state index contributed by atoms with van der Waals surface area (Å²) in [7, 11) is 1.71. The molecule has 0 aliphatic heterocycles. The Morgan fingerprint density at radius 2 is 2.06 bits per heavy atom. The normalized spacial score (nSPS) is 10.8. The number of methoxy groups -OCH3 is 1. The molecule has 0 bridgehead atoms. The van der Waals surface area contributed by atoms with Gasteiger partial charge in [0.05, 0.1) is 18.2 Å². The average Bonchev–Trinajstić information content (AvgIpc) is 2.34. The summed E-state index contributed by atoms with van der Waals surface area (Å²) in [6.07, 6.45) is 0. The van der Waals surface area contributed by atoms with Crippen LogP contribution in [-0.4, -0.2) is 31.2 Å². The maximum atomic E-state index is 9.05. The SMILES string of the molecule is COCCN(Cc1ccccc1C#N)C(C)C. The molecule has 1 aromatic rings. The van der Waals surface area contributed by atoms with Crippen LogP contribution in [0.15, 0.2) is 24.3 Å². The van der Waals surface area contributed by atoms with Crippen LogP contribution in [0.5, 0.6) is 0 Å². The van der Waals surface area contributed by atoms with Gasteiger partial charge in [0, 0.05) is 26.2 Å². The van der Waals surface area contributed by atoms with E-state index < -0.39 is 0 Å². The van der Waals surface area contributed by atoms with Gasteiger partial charge in [0.25, 0.3) is 0 Å². The lowest BCUT2D eigenvalue weighted by Crippen LogP contribution is -2.33. The van der Waals surface area contributed by atoms with Gasteiger partial charge in [0.2, 0.25) is 0 Å². The van der Waals surface area contributed by atoms with Crippen molar-refractivity contribution in [2.24, 2.45) is 0 Å². The van der Waals surface area contributed by atoms with Crippen molar-refractivity contribution in [2.75, 3.05) is 20.3 Å². The Bertz CT molecular complexity index is 382. The highest BCUT2D eigenvalue weighted by atomic mass is 16.5. The van der Waals surface area contributed by atoms with Gasteiger partial charge in [0.15, 0.2) is 0 Å². The lowest BCUT2D eigenvalue weighted by molar-refractivity contribution is 0.125. The molecule has 0 amide bonds. The van der Waals surface area contributed by atoms with Crippen LogP contribution in [-0.2, 0) is 11.3 Å². The van der Waals surface area contributed by atoms with Gasteiger partial charge in [-0.3, -0.25) is 4.90 Å². The van der Waals surface area contributed by atoms with Crippen molar-refractivity contribution >= 4 is 0 Å². The number of nitrogens with zero attached hydrogens (tertiary/aromatic N) is 2. The lowest BCUT2D eigenvalue weighted by atomic mass is 10.1. The Morgan fingerprint density at radius 1 is 1.35 bits per heavy atom. The molecule has 0 N–H and O–H groups in total. The van der Waals surface area contributed by atoms with Gasteiger partial charge in [-0.05, 0) is 25.5 Å². The first-order valence-electron chi connectivity index (χ1n) is 5.90. The minimum absolute atomic E-state index is 0.442. The van der Waals surface area contributed by atoms with Crippen LogP contribution in [0.2, 0.25) is 0 Å². The minimum Gasteiger partial charge on any atom is -0.383 e. The van der Waals surface area contributed by atoms with Crippen LogP contribution in [0, 0.1) is 11.3 Å². The quantitative estimate of drug-likeness (QED) is 0.755. The topological polar surface area (TPSA) is 36.3 Å². The molecule has 17 heavy (non-hydrogen) atoms. The molecule has 0 atom stereocenters. The second-order valence-electron chi connectivity index (χ2n) is 4.33. The van der Waals surface area contributed by atoms with Crippen molar-refractivity contribution < 1.29 is 4.74 Å². The van der Waals surface area contributed by atoms with Gasteiger partial charge >= 0.3 is 0 Å². The maximum absolute atomic E-state index is 9.05. The first kappa shape index (κ1) is 13.7. The van der Waals surface area contributed by atoms with Crippen molar-refractivity contribution in [3.8, 4) is 6.07 Å². The van der Waals surface area contributed by atoms with Gasteiger partial charge in [-0.15, -0.1) is 0 Å². The summed E-state index contributed by atoms with van der Waals surface area (Å²) >= 11 is 0. The van der Waals surface area contributed by atoms with Crippen molar-refractivity contribution in [1.29, 1.82) is 5.26 Å². The predicted octanol–water partition coefficient (Wildman–Crippen LogP) is 2.42. The number of hydrogen-bond acceptors (Lipinski definition) is 3. The summed E-state index contributed by atoms with van der Waals surface area (Å²) in [6, 6.07) is 10.4. The number of benzene rings is 1. The Labute approximate surface area is 104 Å². The molecular weight excluding hydrogens is 212 g/mol. The van der Waals surface area contributed by atoms with Gasteiger partial charge in [-0.25, -0.2) is 0 Å². The standard InChI is InChI=1S/C14H20N2O/c1-12(2)16(8-9-17-3)11-14-7-5-4-6-13(14)10-15/h4-7,12H,8-9,11H2,1-3H3. The van der Waals surface area contributed by atoms with Gasteiger partial charge in [-0.2, -0.15) is 5.26 Å². The molecule has 0 saturated heterocycles.